The van der Waals surface area contributed by atoms with Crippen molar-refractivity contribution in [2.24, 2.45) is 0 Å². The van der Waals surface area contributed by atoms with Gasteiger partial charge in [-0.3, -0.25) is 9.20 Å². The number of hydrogen-bond donors (Lipinski definition) is 0. The molecule has 0 N–H and O–H groups in total. The maximum Gasteiger partial charge on any atom is 0.272 e. The number of amides is 1. The molecule has 5 heteroatoms. The molecule has 94 valence electrons. The third-order valence-electron chi connectivity index (χ3n) is 3.33. The summed E-state index contributed by atoms with van der Waals surface area (Å²) < 4.78 is 2.79. The number of nitrogens with zero attached hydrogens (tertiary/aromatic N) is 3. The van der Waals surface area contributed by atoms with Crippen LogP contribution in [0.25, 0.3) is 5.65 Å². The molecule has 0 aliphatic carbocycles. The first-order valence-corrected chi connectivity index (χ1v) is 6.97. The van der Waals surface area contributed by atoms with Crippen LogP contribution >= 0.6 is 15.9 Å². The minimum Gasteiger partial charge on any atom is -0.337 e. The Balaban J connectivity index is 1.98. The largest absolute Gasteiger partial charge is 0.337 e. The van der Waals surface area contributed by atoms with Crippen molar-refractivity contribution >= 4 is 27.5 Å². The molecule has 1 amide bonds. The number of carbonyl (C=O) groups excluding carboxylic acids is 1. The molecule has 0 saturated carbocycles. The second-order valence-electron chi connectivity index (χ2n) is 4.57. The van der Waals surface area contributed by atoms with Crippen LogP contribution in [0.15, 0.2) is 29.0 Å². The van der Waals surface area contributed by atoms with Crippen LogP contribution in [0.2, 0.25) is 0 Å². The third-order valence-corrected chi connectivity index (χ3v) is 3.80. The SMILES string of the molecule is O=C(c1cnc2ccc(Br)cn12)N1CCCCC1. The zero-order chi connectivity index (χ0) is 12.5. The van der Waals surface area contributed by atoms with E-state index in [1.807, 2.05) is 27.6 Å². The van der Waals surface area contributed by atoms with Gasteiger partial charge in [0.1, 0.15) is 11.3 Å². The molecule has 0 aromatic carbocycles. The Morgan fingerprint density at radius 3 is 2.78 bits per heavy atom. The normalized spacial score (nSPS) is 16.2. The number of rotatable bonds is 1. The first kappa shape index (κ1) is 11.7. The number of aromatic nitrogens is 2. The molecule has 4 nitrogen and oxygen atoms in total. The second-order valence-corrected chi connectivity index (χ2v) is 5.49. The van der Waals surface area contributed by atoms with Crippen molar-refractivity contribution in [2.45, 2.75) is 19.3 Å². The standard InChI is InChI=1S/C13H14BrN3O/c14-10-4-5-12-15-8-11(17(12)9-10)13(18)16-6-2-1-3-7-16/h4-5,8-9H,1-3,6-7H2. The smallest absolute Gasteiger partial charge is 0.272 e. The number of carbonyl (C=O) groups is 1. The van der Waals surface area contributed by atoms with Crippen molar-refractivity contribution in [3.8, 4) is 0 Å². The summed E-state index contributed by atoms with van der Waals surface area (Å²) in [6.07, 6.45) is 6.99. The summed E-state index contributed by atoms with van der Waals surface area (Å²) in [5, 5.41) is 0. The molecule has 0 radical (unpaired) electrons. The van der Waals surface area contributed by atoms with E-state index < -0.39 is 0 Å². The highest BCUT2D eigenvalue weighted by Gasteiger charge is 2.21. The summed E-state index contributed by atoms with van der Waals surface area (Å²) in [6.45, 7) is 1.72. The molecule has 0 unspecified atom stereocenters. The van der Waals surface area contributed by atoms with Crippen molar-refractivity contribution in [3.05, 3.63) is 34.7 Å². The number of imidazole rings is 1. The van der Waals surface area contributed by atoms with Gasteiger partial charge >= 0.3 is 0 Å². The highest BCUT2D eigenvalue weighted by atomic mass is 79.9. The quantitative estimate of drug-likeness (QED) is 0.812. The van der Waals surface area contributed by atoms with Gasteiger partial charge in [-0.25, -0.2) is 4.98 Å². The molecular weight excluding hydrogens is 294 g/mol. The fraction of sp³-hybridized carbons (Fsp3) is 0.385. The van der Waals surface area contributed by atoms with Crippen molar-refractivity contribution < 1.29 is 4.79 Å². The van der Waals surface area contributed by atoms with E-state index in [-0.39, 0.29) is 5.91 Å². The average molecular weight is 308 g/mol. The van der Waals surface area contributed by atoms with Crippen LogP contribution in [0.3, 0.4) is 0 Å². The predicted octanol–water partition coefficient (Wildman–Crippen LogP) is 2.72. The lowest BCUT2D eigenvalue weighted by Crippen LogP contribution is -2.36. The maximum absolute atomic E-state index is 12.4. The zero-order valence-corrected chi connectivity index (χ0v) is 11.6. The van der Waals surface area contributed by atoms with Crippen molar-refractivity contribution in [2.75, 3.05) is 13.1 Å². The summed E-state index contributed by atoms with van der Waals surface area (Å²) in [5.74, 6) is 0.0836. The van der Waals surface area contributed by atoms with E-state index in [2.05, 4.69) is 20.9 Å². The molecular formula is C13H14BrN3O. The summed E-state index contributed by atoms with van der Waals surface area (Å²) in [7, 11) is 0. The Labute approximate surface area is 114 Å². The lowest BCUT2D eigenvalue weighted by atomic mass is 10.1. The van der Waals surface area contributed by atoms with E-state index in [0.717, 1.165) is 36.1 Å². The van der Waals surface area contributed by atoms with Gasteiger partial charge < -0.3 is 4.90 Å². The predicted molar refractivity (Wildman–Crippen MR) is 72.6 cm³/mol. The lowest BCUT2D eigenvalue weighted by Gasteiger charge is -2.26. The number of piperidine rings is 1. The van der Waals surface area contributed by atoms with Crippen LogP contribution in [0.5, 0.6) is 0 Å². The summed E-state index contributed by atoms with van der Waals surface area (Å²) in [5.41, 5.74) is 1.45. The first-order valence-electron chi connectivity index (χ1n) is 6.17. The van der Waals surface area contributed by atoms with Crippen molar-refractivity contribution in [1.82, 2.24) is 14.3 Å². The number of fused-ring (bicyclic) bond motifs is 1. The summed E-state index contributed by atoms with van der Waals surface area (Å²) >= 11 is 3.42. The fourth-order valence-electron chi connectivity index (χ4n) is 2.37. The monoisotopic (exact) mass is 307 g/mol. The number of pyridine rings is 1. The van der Waals surface area contributed by atoms with Crippen LogP contribution in [-0.2, 0) is 0 Å². The maximum atomic E-state index is 12.4. The summed E-state index contributed by atoms with van der Waals surface area (Å²) in [4.78, 5) is 18.6. The molecule has 3 heterocycles. The highest BCUT2D eigenvalue weighted by Crippen LogP contribution is 2.17. The van der Waals surface area contributed by atoms with Crippen LogP contribution in [-0.4, -0.2) is 33.3 Å². The van der Waals surface area contributed by atoms with E-state index in [0.29, 0.717) is 5.69 Å². The fourth-order valence-corrected chi connectivity index (χ4v) is 2.71. The van der Waals surface area contributed by atoms with Crippen molar-refractivity contribution in [1.29, 1.82) is 0 Å². The Morgan fingerprint density at radius 2 is 2.00 bits per heavy atom. The lowest BCUT2D eigenvalue weighted by molar-refractivity contribution is 0.0717. The van der Waals surface area contributed by atoms with Crippen LogP contribution in [0.1, 0.15) is 29.8 Å². The summed E-state index contributed by atoms with van der Waals surface area (Å²) in [6, 6.07) is 3.83. The van der Waals surface area contributed by atoms with Gasteiger partial charge in [0.2, 0.25) is 0 Å². The van der Waals surface area contributed by atoms with Crippen LogP contribution in [0.4, 0.5) is 0 Å². The minimum atomic E-state index is 0.0836. The molecule has 18 heavy (non-hydrogen) atoms. The Bertz CT molecular complexity index is 587. The van der Waals surface area contributed by atoms with Gasteiger partial charge in [-0.2, -0.15) is 0 Å². The molecule has 0 bridgehead atoms. The third kappa shape index (κ3) is 2.03. The van der Waals surface area contributed by atoms with Gasteiger partial charge in [-0.05, 0) is 47.3 Å². The molecule has 1 aliphatic rings. The van der Waals surface area contributed by atoms with E-state index in [1.165, 1.54) is 6.42 Å². The topological polar surface area (TPSA) is 37.6 Å². The molecule has 2 aromatic rings. The minimum absolute atomic E-state index is 0.0836. The van der Waals surface area contributed by atoms with Crippen molar-refractivity contribution in [3.63, 3.8) is 0 Å². The Hall–Kier alpha value is -1.36. The van der Waals surface area contributed by atoms with Gasteiger partial charge in [0.25, 0.3) is 5.91 Å². The number of likely N-dealkylation sites (tertiary alicyclic amines) is 1. The first-order chi connectivity index (χ1) is 8.75. The average Bonchev–Trinajstić information content (AvgIpc) is 2.82. The van der Waals surface area contributed by atoms with Crippen LogP contribution in [0, 0.1) is 0 Å². The van der Waals surface area contributed by atoms with Gasteiger partial charge in [0.05, 0.1) is 6.20 Å². The molecule has 0 atom stereocenters. The van der Waals surface area contributed by atoms with E-state index in [9.17, 15) is 4.79 Å². The van der Waals surface area contributed by atoms with Gasteiger partial charge in [-0.15, -0.1) is 0 Å². The molecule has 0 spiro atoms. The van der Waals surface area contributed by atoms with Gasteiger partial charge in [0, 0.05) is 23.8 Å². The van der Waals surface area contributed by atoms with E-state index in [4.69, 9.17) is 0 Å². The molecule has 1 saturated heterocycles. The molecule has 1 aliphatic heterocycles. The van der Waals surface area contributed by atoms with Gasteiger partial charge in [-0.1, -0.05) is 0 Å². The molecule has 3 rings (SSSR count). The van der Waals surface area contributed by atoms with Crippen LogP contribution < -0.4 is 0 Å². The van der Waals surface area contributed by atoms with E-state index >= 15 is 0 Å². The number of halogens is 1. The highest BCUT2D eigenvalue weighted by molar-refractivity contribution is 9.10. The number of hydrogen-bond acceptors (Lipinski definition) is 2. The second kappa shape index (κ2) is 4.72. The Morgan fingerprint density at radius 1 is 1.22 bits per heavy atom. The molecule has 2 aromatic heterocycles. The molecule has 1 fully saturated rings. The Kier molecular flexibility index (Phi) is 3.07. The zero-order valence-electron chi connectivity index (χ0n) is 9.97. The van der Waals surface area contributed by atoms with E-state index in [1.54, 1.807) is 6.20 Å². The van der Waals surface area contributed by atoms with Gasteiger partial charge in [0.15, 0.2) is 0 Å².